The fourth-order valence-electron chi connectivity index (χ4n) is 2.92. The van der Waals surface area contributed by atoms with Gasteiger partial charge in [-0.1, -0.05) is 0 Å². The smallest absolute Gasteiger partial charge is 0.159 e. The van der Waals surface area contributed by atoms with E-state index in [0.29, 0.717) is 5.88 Å². The molecule has 0 aliphatic carbocycles. The predicted octanol–water partition coefficient (Wildman–Crippen LogP) is 4.93. The molecular formula is C20H16ClFN4. The molecule has 0 fully saturated rings. The van der Waals surface area contributed by atoms with Crippen molar-refractivity contribution in [3.05, 3.63) is 66.9 Å². The summed E-state index contributed by atoms with van der Waals surface area (Å²) in [5.41, 5.74) is 4.82. The number of fused-ring (bicyclic) bond motifs is 1. The molecule has 0 N–H and O–H groups in total. The second-order valence-electron chi connectivity index (χ2n) is 5.92. The van der Waals surface area contributed by atoms with Crippen LogP contribution in [0.25, 0.3) is 33.7 Å². The summed E-state index contributed by atoms with van der Waals surface area (Å²) in [4.78, 5) is 13.8. The van der Waals surface area contributed by atoms with Crippen molar-refractivity contribution in [3.8, 4) is 22.5 Å². The quantitative estimate of drug-likeness (QED) is 0.470. The van der Waals surface area contributed by atoms with Crippen molar-refractivity contribution in [1.82, 2.24) is 19.5 Å². The van der Waals surface area contributed by atoms with E-state index < -0.39 is 0 Å². The molecule has 0 aliphatic rings. The minimum atomic E-state index is -0.279. The second kappa shape index (κ2) is 7.22. The molecule has 0 atom stereocenters. The maximum Gasteiger partial charge on any atom is 0.159 e. The van der Waals surface area contributed by atoms with E-state index >= 15 is 0 Å². The summed E-state index contributed by atoms with van der Waals surface area (Å²) in [6.07, 6.45) is 6.27. The lowest BCUT2D eigenvalue weighted by atomic mass is 10.0. The number of alkyl halides is 1. The van der Waals surface area contributed by atoms with E-state index in [1.165, 1.54) is 12.1 Å². The lowest BCUT2D eigenvalue weighted by molar-refractivity contribution is 0.628. The van der Waals surface area contributed by atoms with Crippen molar-refractivity contribution in [2.75, 3.05) is 5.88 Å². The first-order valence-electron chi connectivity index (χ1n) is 8.35. The minimum absolute atomic E-state index is 0.279. The van der Waals surface area contributed by atoms with Crippen LogP contribution in [0.15, 0.2) is 61.1 Å². The minimum Gasteiger partial charge on any atom is -0.331 e. The normalized spacial score (nSPS) is 11.2. The zero-order valence-corrected chi connectivity index (χ0v) is 14.7. The Balaban J connectivity index is 1.93. The zero-order valence-electron chi connectivity index (χ0n) is 13.9. The van der Waals surface area contributed by atoms with Gasteiger partial charge in [-0.05, 0) is 48.9 Å². The van der Waals surface area contributed by atoms with Gasteiger partial charge in [0.15, 0.2) is 5.65 Å². The number of rotatable bonds is 5. The molecule has 0 spiro atoms. The average Bonchev–Trinajstić information content (AvgIpc) is 3.08. The number of hydrogen-bond donors (Lipinski definition) is 0. The molecule has 6 heteroatoms. The molecule has 4 rings (SSSR count). The maximum absolute atomic E-state index is 13.4. The first kappa shape index (κ1) is 16.7. The Morgan fingerprint density at radius 1 is 0.885 bits per heavy atom. The molecule has 26 heavy (non-hydrogen) atoms. The standard InChI is InChI=1S/C20H16ClFN4/c21-9-1-12-26-13-8-17-20(26)25-19(14-2-4-16(22)5-3-14)18(24-17)15-6-10-23-11-7-15/h2-8,10-11,13H,1,9,12H2. The summed E-state index contributed by atoms with van der Waals surface area (Å²) in [5, 5.41) is 0. The molecule has 1 aromatic carbocycles. The molecule has 0 amide bonds. The van der Waals surface area contributed by atoms with Crippen molar-refractivity contribution in [1.29, 1.82) is 0 Å². The number of hydrogen-bond acceptors (Lipinski definition) is 3. The van der Waals surface area contributed by atoms with Gasteiger partial charge in [0.25, 0.3) is 0 Å². The number of halogens is 2. The Hall–Kier alpha value is -2.79. The van der Waals surface area contributed by atoms with Crippen molar-refractivity contribution in [2.24, 2.45) is 0 Å². The van der Waals surface area contributed by atoms with Crippen LogP contribution in [0.2, 0.25) is 0 Å². The van der Waals surface area contributed by atoms with Gasteiger partial charge in [0.1, 0.15) is 11.3 Å². The number of nitrogens with zero attached hydrogens (tertiary/aromatic N) is 4. The third kappa shape index (κ3) is 3.18. The van der Waals surface area contributed by atoms with Gasteiger partial charge in [0.2, 0.25) is 0 Å². The van der Waals surface area contributed by atoms with E-state index in [9.17, 15) is 4.39 Å². The van der Waals surface area contributed by atoms with Gasteiger partial charge in [-0.15, -0.1) is 11.6 Å². The van der Waals surface area contributed by atoms with E-state index in [0.717, 1.165) is 46.6 Å². The van der Waals surface area contributed by atoms with Crippen LogP contribution in [0.5, 0.6) is 0 Å². The molecule has 0 aliphatic heterocycles. The molecule has 4 aromatic rings. The Kier molecular flexibility index (Phi) is 4.63. The number of aromatic nitrogens is 4. The van der Waals surface area contributed by atoms with E-state index in [1.807, 2.05) is 29.0 Å². The maximum atomic E-state index is 13.4. The van der Waals surface area contributed by atoms with Gasteiger partial charge in [-0.3, -0.25) is 4.98 Å². The highest BCUT2D eigenvalue weighted by Gasteiger charge is 2.15. The van der Waals surface area contributed by atoms with Gasteiger partial charge in [0.05, 0.1) is 11.4 Å². The Morgan fingerprint density at radius 2 is 1.58 bits per heavy atom. The monoisotopic (exact) mass is 366 g/mol. The molecule has 0 unspecified atom stereocenters. The predicted molar refractivity (Wildman–Crippen MR) is 101 cm³/mol. The first-order valence-corrected chi connectivity index (χ1v) is 8.89. The van der Waals surface area contributed by atoms with Gasteiger partial charge >= 0.3 is 0 Å². The molecular weight excluding hydrogens is 351 g/mol. The molecule has 0 bridgehead atoms. The van der Waals surface area contributed by atoms with Crippen LogP contribution < -0.4 is 0 Å². The topological polar surface area (TPSA) is 43.6 Å². The second-order valence-corrected chi connectivity index (χ2v) is 6.30. The fraction of sp³-hybridized carbons (Fsp3) is 0.150. The van der Waals surface area contributed by atoms with Crippen molar-refractivity contribution in [2.45, 2.75) is 13.0 Å². The molecule has 0 saturated carbocycles. The Morgan fingerprint density at radius 3 is 2.31 bits per heavy atom. The fourth-order valence-corrected chi connectivity index (χ4v) is 3.04. The molecule has 4 nitrogen and oxygen atoms in total. The Labute approximate surface area is 155 Å². The van der Waals surface area contributed by atoms with Crippen molar-refractivity contribution < 1.29 is 4.39 Å². The molecule has 0 saturated heterocycles. The Bertz CT molecular complexity index is 1030. The van der Waals surface area contributed by atoms with Gasteiger partial charge in [-0.25, -0.2) is 14.4 Å². The lowest BCUT2D eigenvalue weighted by Crippen LogP contribution is -2.01. The molecule has 130 valence electrons. The molecule has 3 heterocycles. The van der Waals surface area contributed by atoms with E-state index in [1.54, 1.807) is 24.5 Å². The summed E-state index contributed by atoms with van der Waals surface area (Å²) >= 11 is 5.83. The van der Waals surface area contributed by atoms with Crippen LogP contribution in [0.3, 0.4) is 0 Å². The van der Waals surface area contributed by atoms with Crippen LogP contribution in [-0.4, -0.2) is 25.4 Å². The zero-order chi connectivity index (χ0) is 17.9. The van der Waals surface area contributed by atoms with E-state index in [2.05, 4.69) is 4.98 Å². The largest absolute Gasteiger partial charge is 0.331 e. The summed E-state index contributed by atoms with van der Waals surface area (Å²) in [5.74, 6) is 0.311. The van der Waals surface area contributed by atoms with Crippen LogP contribution in [0.1, 0.15) is 6.42 Å². The molecule has 3 aromatic heterocycles. The highest BCUT2D eigenvalue weighted by Crippen LogP contribution is 2.31. The van der Waals surface area contributed by atoms with Gasteiger partial charge < -0.3 is 4.57 Å². The average molecular weight is 367 g/mol. The number of pyridine rings is 1. The van der Waals surface area contributed by atoms with Crippen molar-refractivity contribution >= 4 is 22.8 Å². The van der Waals surface area contributed by atoms with Gasteiger partial charge in [-0.2, -0.15) is 0 Å². The third-order valence-electron chi connectivity index (χ3n) is 4.19. The third-order valence-corrected chi connectivity index (χ3v) is 4.46. The van der Waals surface area contributed by atoms with Crippen LogP contribution in [0, 0.1) is 5.82 Å². The lowest BCUT2D eigenvalue weighted by Gasteiger charge is -2.10. The SMILES string of the molecule is Fc1ccc(-c2nc3c(ccn3CCCCl)nc2-c2ccncc2)cc1. The summed E-state index contributed by atoms with van der Waals surface area (Å²) in [6.45, 7) is 0.777. The van der Waals surface area contributed by atoms with Crippen molar-refractivity contribution in [3.63, 3.8) is 0 Å². The summed E-state index contributed by atoms with van der Waals surface area (Å²) in [6, 6.07) is 12.1. The van der Waals surface area contributed by atoms with Crippen LogP contribution in [0.4, 0.5) is 4.39 Å². The highest BCUT2D eigenvalue weighted by molar-refractivity contribution is 6.17. The van der Waals surface area contributed by atoms with Crippen LogP contribution >= 0.6 is 11.6 Å². The number of aryl methyl sites for hydroxylation is 1. The van der Waals surface area contributed by atoms with Crippen LogP contribution in [-0.2, 0) is 6.54 Å². The number of benzene rings is 1. The van der Waals surface area contributed by atoms with E-state index in [4.69, 9.17) is 21.6 Å². The highest BCUT2D eigenvalue weighted by atomic mass is 35.5. The van der Waals surface area contributed by atoms with Gasteiger partial charge in [0, 0.05) is 42.1 Å². The summed E-state index contributed by atoms with van der Waals surface area (Å²) < 4.78 is 15.4. The first-order chi connectivity index (χ1) is 12.8. The van der Waals surface area contributed by atoms with E-state index in [-0.39, 0.29) is 5.82 Å². The molecule has 0 radical (unpaired) electrons. The summed E-state index contributed by atoms with van der Waals surface area (Å²) in [7, 11) is 0.